The summed E-state index contributed by atoms with van der Waals surface area (Å²) in [5, 5.41) is 2.59. The zero-order chi connectivity index (χ0) is 21.4. The van der Waals surface area contributed by atoms with Crippen LogP contribution >= 0.6 is 0 Å². The van der Waals surface area contributed by atoms with Gasteiger partial charge in [0.1, 0.15) is 10.6 Å². The Hall–Kier alpha value is -3.17. The van der Waals surface area contributed by atoms with Crippen molar-refractivity contribution in [1.82, 2.24) is 4.31 Å². The van der Waals surface area contributed by atoms with Gasteiger partial charge in [-0.3, -0.25) is 4.79 Å². The molecule has 0 heterocycles. The molecule has 0 aromatic heterocycles. The Balaban J connectivity index is 2.02. The van der Waals surface area contributed by atoms with E-state index in [1.54, 1.807) is 30.3 Å². The number of nitrogens with zero attached hydrogens (tertiary/aromatic N) is 1. The van der Waals surface area contributed by atoms with Gasteiger partial charge in [0.2, 0.25) is 10.0 Å². The van der Waals surface area contributed by atoms with Crippen molar-refractivity contribution in [3.8, 4) is 5.75 Å². The van der Waals surface area contributed by atoms with E-state index in [-0.39, 0.29) is 10.6 Å². The Kier molecular flexibility index (Phi) is 7.52. The zero-order valence-electron chi connectivity index (χ0n) is 16.3. The smallest absolute Gasteiger partial charge is 0.331 e. The molecule has 154 valence electrons. The van der Waals surface area contributed by atoms with Gasteiger partial charge in [0.05, 0.1) is 7.11 Å². The van der Waals surface area contributed by atoms with Gasteiger partial charge in [0.15, 0.2) is 6.61 Å². The first kappa shape index (κ1) is 22.1. The molecule has 29 heavy (non-hydrogen) atoms. The SMILES string of the molecule is COc1ccc(/C=C/C(=O)OCC(=O)Nc2ccccc2)cc1S(=O)(=O)N(C)C. The van der Waals surface area contributed by atoms with Gasteiger partial charge in [-0.05, 0) is 35.9 Å². The molecule has 0 saturated heterocycles. The summed E-state index contributed by atoms with van der Waals surface area (Å²) in [6.07, 6.45) is 2.51. The van der Waals surface area contributed by atoms with Crippen molar-refractivity contribution < 1.29 is 27.5 Å². The molecule has 0 spiro atoms. The molecule has 0 atom stereocenters. The summed E-state index contributed by atoms with van der Waals surface area (Å²) in [7, 11) is 0.470. The highest BCUT2D eigenvalue weighted by Crippen LogP contribution is 2.27. The second-order valence-electron chi connectivity index (χ2n) is 6.05. The van der Waals surface area contributed by atoms with Crippen LogP contribution in [0.3, 0.4) is 0 Å². The van der Waals surface area contributed by atoms with Crippen LogP contribution in [0.15, 0.2) is 59.5 Å². The van der Waals surface area contributed by atoms with Crippen molar-refractivity contribution in [2.75, 3.05) is 33.1 Å². The number of nitrogens with one attached hydrogen (secondary N) is 1. The van der Waals surface area contributed by atoms with E-state index in [1.807, 2.05) is 6.07 Å². The third kappa shape index (κ3) is 6.16. The highest BCUT2D eigenvalue weighted by Gasteiger charge is 2.22. The van der Waals surface area contributed by atoms with Crippen LogP contribution in [0.25, 0.3) is 6.08 Å². The van der Waals surface area contributed by atoms with Crippen LogP contribution in [0, 0.1) is 0 Å². The Morgan fingerprint density at radius 1 is 1.10 bits per heavy atom. The largest absolute Gasteiger partial charge is 0.495 e. The molecule has 0 aliphatic carbocycles. The number of rotatable bonds is 8. The molecule has 0 bridgehead atoms. The number of anilines is 1. The number of para-hydroxylation sites is 1. The quantitative estimate of drug-likeness (QED) is 0.521. The topological polar surface area (TPSA) is 102 Å². The first-order valence-electron chi connectivity index (χ1n) is 8.54. The van der Waals surface area contributed by atoms with Gasteiger partial charge in [0, 0.05) is 25.9 Å². The van der Waals surface area contributed by atoms with Crippen LogP contribution in [-0.2, 0) is 24.3 Å². The standard InChI is InChI=1S/C20H22N2O6S/c1-22(2)29(25,26)18-13-15(9-11-17(18)27-3)10-12-20(24)28-14-19(23)21-16-7-5-4-6-8-16/h4-13H,14H2,1-3H3,(H,21,23)/b12-10+. The molecule has 2 aromatic carbocycles. The maximum absolute atomic E-state index is 12.4. The monoisotopic (exact) mass is 418 g/mol. The maximum atomic E-state index is 12.4. The number of esters is 1. The average molecular weight is 418 g/mol. The van der Waals surface area contributed by atoms with Crippen LogP contribution in [0.5, 0.6) is 5.75 Å². The lowest BCUT2D eigenvalue weighted by Gasteiger charge is -2.14. The number of carbonyl (C=O) groups is 2. The molecule has 0 fully saturated rings. The van der Waals surface area contributed by atoms with E-state index < -0.39 is 28.5 Å². The fourth-order valence-electron chi connectivity index (χ4n) is 2.26. The fraction of sp³-hybridized carbons (Fsp3) is 0.200. The molecule has 9 heteroatoms. The second-order valence-corrected chi connectivity index (χ2v) is 8.17. The number of hydrogen-bond acceptors (Lipinski definition) is 6. The minimum atomic E-state index is -3.73. The number of amides is 1. The first-order chi connectivity index (χ1) is 13.7. The molecule has 0 aliphatic rings. The highest BCUT2D eigenvalue weighted by molar-refractivity contribution is 7.89. The van der Waals surface area contributed by atoms with Crippen molar-refractivity contribution in [3.05, 3.63) is 60.2 Å². The van der Waals surface area contributed by atoms with Crippen molar-refractivity contribution in [2.24, 2.45) is 0 Å². The summed E-state index contributed by atoms with van der Waals surface area (Å²) in [4.78, 5) is 23.6. The molecular weight excluding hydrogens is 396 g/mol. The van der Waals surface area contributed by atoms with Crippen molar-refractivity contribution >= 4 is 33.7 Å². The fourth-order valence-corrected chi connectivity index (χ4v) is 3.35. The van der Waals surface area contributed by atoms with Crippen LogP contribution in [0.1, 0.15) is 5.56 Å². The number of methoxy groups -OCH3 is 1. The van der Waals surface area contributed by atoms with Gasteiger partial charge in [0.25, 0.3) is 5.91 Å². The van der Waals surface area contributed by atoms with Gasteiger partial charge in [-0.2, -0.15) is 0 Å². The minimum Gasteiger partial charge on any atom is -0.495 e. The minimum absolute atomic E-state index is 0.0252. The molecule has 0 aliphatic heterocycles. The summed E-state index contributed by atoms with van der Waals surface area (Å²) >= 11 is 0. The van der Waals surface area contributed by atoms with Gasteiger partial charge >= 0.3 is 5.97 Å². The molecule has 0 radical (unpaired) electrons. The summed E-state index contributed by atoms with van der Waals surface area (Å²) in [6, 6.07) is 13.3. The molecule has 2 rings (SSSR count). The van der Waals surface area contributed by atoms with Gasteiger partial charge in [-0.15, -0.1) is 0 Å². The summed E-state index contributed by atoms with van der Waals surface area (Å²) < 4.78 is 35.9. The number of hydrogen-bond donors (Lipinski definition) is 1. The number of benzene rings is 2. The zero-order valence-corrected chi connectivity index (χ0v) is 17.1. The lowest BCUT2D eigenvalue weighted by molar-refractivity contribution is -0.142. The second kappa shape index (κ2) is 9.85. The number of ether oxygens (including phenoxy) is 2. The number of carbonyl (C=O) groups excluding carboxylic acids is 2. The van der Waals surface area contributed by atoms with E-state index in [1.165, 1.54) is 39.4 Å². The van der Waals surface area contributed by atoms with Gasteiger partial charge in [-0.1, -0.05) is 24.3 Å². The Bertz CT molecular complexity index is 1000. The van der Waals surface area contributed by atoms with Crippen LogP contribution < -0.4 is 10.1 Å². The van der Waals surface area contributed by atoms with Crippen LogP contribution in [0.2, 0.25) is 0 Å². The van der Waals surface area contributed by atoms with Crippen molar-refractivity contribution in [3.63, 3.8) is 0 Å². The molecular formula is C20H22N2O6S. The van der Waals surface area contributed by atoms with E-state index in [0.29, 0.717) is 11.3 Å². The third-order valence-corrected chi connectivity index (χ3v) is 5.60. The van der Waals surface area contributed by atoms with E-state index in [2.05, 4.69) is 5.32 Å². The Morgan fingerprint density at radius 3 is 2.41 bits per heavy atom. The van der Waals surface area contributed by atoms with Crippen molar-refractivity contribution in [1.29, 1.82) is 0 Å². The Labute approximate surface area is 169 Å². The van der Waals surface area contributed by atoms with E-state index in [9.17, 15) is 18.0 Å². The molecule has 8 nitrogen and oxygen atoms in total. The van der Waals surface area contributed by atoms with Crippen LogP contribution in [0.4, 0.5) is 5.69 Å². The molecule has 0 unspecified atom stereocenters. The van der Waals surface area contributed by atoms with Crippen LogP contribution in [-0.4, -0.2) is 52.4 Å². The van der Waals surface area contributed by atoms with E-state index in [0.717, 1.165) is 10.4 Å². The van der Waals surface area contributed by atoms with E-state index in [4.69, 9.17) is 9.47 Å². The number of sulfonamides is 1. The normalized spacial score (nSPS) is 11.4. The predicted molar refractivity (Wildman–Crippen MR) is 109 cm³/mol. The molecule has 0 saturated carbocycles. The van der Waals surface area contributed by atoms with Gasteiger partial charge in [-0.25, -0.2) is 17.5 Å². The first-order valence-corrected chi connectivity index (χ1v) is 9.98. The Morgan fingerprint density at radius 2 is 1.79 bits per heavy atom. The van der Waals surface area contributed by atoms with Gasteiger partial charge < -0.3 is 14.8 Å². The molecule has 1 amide bonds. The lowest BCUT2D eigenvalue weighted by atomic mass is 10.2. The molecule has 1 N–H and O–H groups in total. The summed E-state index contributed by atoms with van der Waals surface area (Å²) in [5.74, 6) is -1.01. The van der Waals surface area contributed by atoms with E-state index >= 15 is 0 Å². The highest BCUT2D eigenvalue weighted by atomic mass is 32.2. The summed E-state index contributed by atoms with van der Waals surface area (Å²) in [5.41, 5.74) is 1.05. The predicted octanol–water partition coefficient (Wildman–Crippen LogP) is 2.14. The summed E-state index contributed by atoms with van der Waals surface area (Å²) in [6.45, 7) is -0.444. The maximum Gasteiger partial charge on any atom is 0.331 e. The third-order valence-electron chi connectivity index (χ3n) is 3.76. The lowest BCUT2D eigenvalue weighted by Crippen LogP contribution is -2.22. The average Bonchev–Trinajstić information content (AvgIpc) is 2.71. The molecule has 2 aromatic rings. The van der Waals surface area contributed by atoms with Crippen molar-refractivity contribution in [2.45, 2.75) is 4.90 Å².